The van der Waals surface area contributed by atoms with Gasteiger partial charge in [-0.3, -0.25) is 0 Å². The van der Waals surface area contributed by atoms with Gasteiger partial charge in [0.1, 0.15) is 12.4 Å². The molecule has 0 aliphatic heterocycles. The van der Waals surface area contributed by atoms with Gasteiger partial charge in [0.05, 0.1) is 23.1 Å². The van der Waals surface area contributed by atoms with Crippen molar-refractivity contribution in [2.24, 2.45) is 0 Å². The molecule has 1 aromatic carbocycles. The number of aromatic nitrogens is 2. The summed E-state index contributed by atoms with van der Waals surface area (Å²) in [4.78, 5) is 4.13. The minimum Gasteiger partial charge on any atom is -0.487 e. The summed E-state index contributed by atoms with van der Waals surface area (Å²) >= 11 is 0. The van der Waals surface area contributed by atoms with Crippen LogP contribution in [0.25, 0.3) is 0 Å². The molecule has 20 heavy (non-hydrogen) atoms. The van der Waals surface area contributed by atoms with Crippen molar-refractivity contribution in [1.82, 2.24) is 9.55 Å². The molecule has 0 radical (unpaired) electrons. The number of hydrogen-bond acceptors (Lipinski definition) is 4. The van der Waals surface area contributed by atoms with Gasteiger partial charge in [-0.1, -0.05) is 0 Å². The summed E-state index contributed by atoms with van der Waals surface area (Å²) in [5.41, 5.74) is 1.68. The molecule has 2 aromatic rings. The number of halogens is 1. The van der Waals surface area contributed by atoms with E-state index in [0.29, 0.717) is 17.9 Å². The van der Waals surface area contributed by atoms with Crippen molar-refractivity contribution in [3.8, 4) is 5.75 Å². The zero-order chi connectivity index (χ0) is 14.8. The summed E-state index contributed by atoms with van der Waals surface area (Å²) in [6.07, 6.45) is 3.49. The molecule has 0 N–H and O–H groups in total. The number of aryl methyl sites for hydroxylation is 2. The number of nitrogens with zero attached hydrogens (tertiary/aromatic N) is 2. The zero-order valence-corrected chi connectivity index (χ0v) is 12.8. The Morgan fingerprint density at radius 1 is 1.40 bits per heavy atom. The molecule has 0 unspecified atom stereocenters. The maximum atomic E-state index is 11.2. The summed E-state index contributed by atoms with van der Waals surface area (Å²) < 4.78 is 30.1. The van der Waals surface area contributed by atoms with Gasteiger partial charge in [-0.15, -0.1) is 0 Å². The van der Waals surface area contributed by atoms with E-state index in [-0.39, 0.29) is 4.90 Å². The number of rotatable bonds is 5. The lowest BCUT2D eigenvalue weighted by Gasteiger charge is -2.11. The van der Waals surface area contributed by atoms with Crippen LogP contribution in [0.2, 0.25) is 0 Å². The van der Waals surface area contributed by atoms with E-state index in [1.807, 2.05) is 11.5 Å². The highest BCUT2D eigenvalue weighted by atomic mass is 35.7. The van der Waals surface area contributed by atoms with Crippen LogP contribution in [0.1, 0.15) is 18.2 Å². The maximum Gasteiger partial charge on any atom is 0.261 e. The highest BCUT2D eigenvalue weighted by Crippen LogP contribution is 2.24. The summed E-state index contributed by atoms with van der Waals surface area (Å²) in [6, 6.07) is 4.54. The Kier molecular flexibility index (Phi) is 4.35. The molecule has 0 amide bonds. The van der Waals surface area contributed by atoms with Crippen molar-refractivity contribution < 1.29 is 13.2 Å². The quantitative estimate of drug-likeness (QED) is 0.796. The molecule has 0 atom stereocenters. The topological polar surface area (TPSA) is 61.2 Å². The normalized spacial score (nSPS) is 11.6. The first-order chi connectivity index (χ1) is 9.41. The van der Waals surface area contributed by atoms with Gasteiger partial charge in [0.25, 0.3) is 9.05 Å². The first-order valence-electron chi connectivity index (χ1n) is 6.09. The van der Waals surface area contributed by atoms with Crippen LogP contribution in [0.15, 0.2) is 35.6 Å². The van der Waals surface area contributed by atoms with E-state index in [0.717, 1.165) is 12.2 Å². The number of ether oxygens (including phenoxy) is 1. The van der Waals surface area contributed by atoms with Crippen molar-refractivity contribution in [2.45, 2.75) is 31.9 Å². The highest BCUT2D eigenvalue weighted by molar-refractivity contribution is 8.13. The Bertz CT molecular complexity index is 710. The van der Waals surface area contributed by atoms with Crippen LogP contribution in [-0.4, -0.2) is 18.0 Å². The Morgan fingerprint density at radius 3 is 2.75 bits per heavy atom. The molecular weight excluding hydrogens is 300 g/mol. The fraction of sp³-hybridized carbons (Fsp3) is 0.308. The van der Waals surface area contributed by atoms with Crippen LogP contribution in [-0.2, 0) is 22.2 Å². The van der Waals surface area contributed by atoms with Crippen LogP contribution < -0.4 is 4.74 Å². The average molecular weight is 315 g/mol. The maximum absolute atomic E-state index is 11.2. The monoisotopic (exact) mass is 314 g/mol. The first kappa shape index (κ1) is 14.9. The Hall–Kier alpha value is -1.53. The molecule has 0 bridgehead atoms. The van der Waals surface area contributed by atoms with Crippen LogP contribution in [0.5, 0.6) is 5.75 Å². The largest absolute Gasteiger partial charge is 0.487 e. The molecular formula is C13H15ClN2O3S. The average Bonchev–Trinajstić information content (AvgIpc) is 2.83. The van der Waals surface area contributed by atoms with Gasteiger partial charge in [0.15, 0.2) is 0 Å². The predicted molar refractivity (Wildman–Crippen MR) is 76.5 cm³/mol. The molecule has 0 aliphatic rings. The number of benzene rings is 1. The van der Waals surface area contributed by atoms with Crippen molar-refractivity contribution in [1.29, 1.82) is 0 Å². The van der Waals surface area contributed by atoms with Crippen LogP contribution in [0, 0.1) is 6.92 Å². The lowest BCUT2D eigenvalue weighted by molar-refractivity contribution is 0.293. The minimum absolute atomic E-state index is 0.0719. The molecule has 0 saturated heterocycles. The lowest BCUT2D eigenvalue weighted by Crippen LogP contribution is -2.04. The highest BCUT2D eigenvalue weighted by Gasteiger charge is 2.12. The third kappa shape index (κ3) is 3.32. The molecule has 5 nitrogen and oxygen atoms in total. The summed E-state index contributed by atoms with van der Waals surface area (Å²) in [7, 11) is 1.59. The number of imidazole rings is 1. The van der Waals surface area contributed by atoms with Crippen molar-refractivity contribution in [3.63, 3.8) is 0 Å². The second-order valence-corrected chi connectivity index (χ2v) is 6.89. The SMILES string of the molecule is CCn1cncc1COc1ccc(S(=O)(=O)Cl)cc1C. The van der Waals surface area contributed by atoms with Gasteiger partial charge in [-0.25, -0.2) is 13.4 Å². The smallest absolute Gasteiger partial charge is 0.261 e. The van der Waals surface area contributed by atoms with Crippen LogP contribution >= 0.6 is 10.7 Å². The second-order valence-electron chi connectivity index (χ2n) is 4.32. The predicted octanol–water partition coefficient (Wildman–Crippen LogP) is 2.72. The molecule has 0 saturated carbocycles. The number of hydrogen-bond donors (Lipinski definition) is 0. The van der Waals surface area contributed by atoms with Crippen molar-refractivity contribution in [2.75, 3.05) is 0 Å². The lowest BCUT2D eigenvalue weighted by atomic mass is 10.2. The van der Waals surface area contributed by atoms with Crippen LogP contribution in [0.3, 0.4) is 0 Å². The fourth-order valence-electron chi connectivity index (χ4n) is 1.84. The van der Waals surface area contributed by atoms with E-state index in [1.54, 1.807) is 25.5 Å². The van der Waals surface area contributed by atoms with Gasteiger partial charge in [0, 0.05) is 17.2 Å². The molecule has 2 rings (SSSR count). The van der Waals surface area contributed by atoms with E-state index in [9.17, 15) is 8.42 Å². The van der Waals surface area contributed by atoms with Gasteiger partial charge < -0.3 is 9.30 Å². The van der Waals surface area contributed by atoms with E-state index in [1.165, 1.54) is 12.1 Å². The van der Waals surface area contributed by atoms with E-state index in [4.69, 9.17) is 15.4 Å². The first-order valence-corrected chi connectivity index (χ1v) is 8.40. The molecule has 108 valence electrons. The molecule has 0 aliphatic carbocycles. The molecule has 7 heteroatoms. The molecule has 0 spiro atoms. The Labute approximate surface area is 122 Å². The van der Waals surface area contributed by atoms with Gasteiger partial charge in [-0.05, 0) is 37.6 Å². The summed E-state index contributed by atoms with van der Waals surface area (Å²) in [6.45, 7) is 5.00. The molecule has 1 aromatic heterocycles. The Morgan fingerprint density at radius 2 is 2.15 bits per heavy atom. The third-order valence-corrected chi connectivity index (χ3v) is 4.29. The van der Waals surface area contributed by atoms with E-state index < -0.39 is 9.05 Å². The van der Waals surface area contributed by atoms with Gasteiger partial charge >= 0.3 is 0 Å². The van der Waals surface area contributed by atoms with Gasteiger partial charge in [-0.2, -0.15) is 0 Å². The third-order valence-electron chi connectivity index (χ3n) is 2.94. The van der Waals surface area contributed by atoms with E-state index in [2.05, 4.69) is 4.98 Å². The summed E-state index contributed by atoms with van der Waals surface area (Å²) in [5.74, 6) is 0.623. The van der Waals surface area contributed by atoms with Gasteiger partial charge in [0.2, 0.25) is 0 Å². The standard InChI is InChI=1S/C13H15ClN2O3S/c1-3-16-9-15-7-11(16)8-19-13-5-4-12(6-10(13)2)20(14,17)18/h4-7,9H,3,8H2,1-2H3. The molecule has 1 heterocycles. The minimum atomic E-state index is -3.71. The Balaban J connectivity index is 2.15. The summed E-state index contributed by atoms with van der Waals surface area (Å²) in [5, 5.41) is 0. The van der Waals surface area contributed by atoms with E-state index >= 15 is 0 Å². The zero-order valence-electron chi connectivity index (χ0n) is 11.2. The fourth-order valence-corrected chi connectivity index (χ4v) is 2.68. The van der Waals surface area contributed by atoms with Crippen LogP contribution in [0.4, 0.5) is 0 Å². The van der Waals surface area contributed by atoms with Crippen molar-refractivity contribution in [3.05, 3.63) is 42.0 Å². The van der Waals surface area contributed by atoms with Crippen molar-refractivity contribution >= 4 is 19.7 Å². The second kappa shape index (κ2) is 5.85. The molecule has 0 fully saturated rings.